The maximum Gasteiger partial charge on any atom is 0.210 e. The molecule has 0 fully saturated rings. The molecule has 2 nitrogen and oxygen atoms in total. The Morgan fingerprint density at radius 2 is 1.40 bits per heavy atom. The molecule has 0 bridgehead atoms. The first-order valence-corrected chi connectivity index (χ1v) is 17.2. The van der Waals surface area contributed by atoms with Gasteiger partial charge >= 0.3 is 0 Å². The SMILES string of the molecule is C=CCC1(C)C(=CC=CC2=[N+](C)c3ccc4ccccc4c3C2(C)Cc2ccccc2)N(CCC(C)C)c2ccc3ccccc3c21. The van der Waals surface area contributed by atoms with Crippen molar-refractivity contribution < 1.29 is 4.58 Å². The summed E-state index contributed by atoms with van der Waals surface area (Å²) in [6, 6.07) is 37.9. The predicted molar refractivity (Wildman–Crippen MR) is 202 cm³/mol. The molecular weight excluding hydrogens is 569 g/mol. The first-order chi connectivity index (χ1) is 22.8. The van der Waals surface area contributed by atoms with Crippen molar-refractivity contribution in [3.05, 3.63) is 156 Å². The van der Waals surface area contributed by atoms with Gasteiger partial charge in [0.25, 0.3) is 0 Å². The minimum atomic E-state index is -0.197. The average molecular weight is 616 g/mol. The van der Waals surface area contributed by atoms with Crippen LogP contribution in [0.3, 0.4) is 0 Å². The highest BCUT2D eigenvalue weighted by molar-refractivity contribution is 6.08. The van der Waals surface area contributed by atoms with Crippen LogP contribution >= 0.6 is 0 Å². The Morgan fingerprint density at radius 3 is 2.09 bits per heavy atom. The molecule has 0 spiro atoms. The summed E-state index contributed by atoms with van der Waals surface area (Å²) >= 11 is 0. The molecule has 2 atom stereocenters. The normalized spacial score (nSPS) is 21.5. The first-order valence-electron chi connectivity index (χ1n) is 17.2. The van der Waals surface area contributed by atoms with Crippen molar-refractivity contribution in [2.75, 3.05) is 18.5 Å². The van der Waals surface area contributed by atoms with E-state index in [2.05, 4.69) is 178 Å². The lowest BCUT2D eigenvalue weighted by Crippen LogP contribution is -2.33. The molecule has 2 heterocycles. The third-order valence-corrected chi connectivity index (χ3v) is 10.7. The Labute approximate surface area is 281 Å². The fourth-order valence-corrected chi connectivity index (χ4v) is 8.47. The van der Waals surface area contributed by atoms with Gasteiger partial charge in [-0.25, -0.2) is 0 Å². The van der Waals surface area contributed by atoms with E-state index in [0.29, 0.717) is 5.92 Å². The summed E-state index contributed by atoms with van der Waals surface area (Å²) in [4.78, 5) is 2.60. The van der Waals surface area contributed by atoms with Crippen molar-refractivity contribution in [1.29, 1.82) is 0 Å². The fourth-order valence-electron chi connectivity index (χ4n) is 8.47. The van der Waals surface area contributed by atoms with Crippen molar-refractivity contribution >= 4 is 38.6 Å². The van der Waals surface area contributed by atoms with E-state index >= 15 is 0 Å². The van der Waals surface area contributed by atoms with Crippen LogP contribution in [-0.2, 0) is 17.3 Å². The summed E-state index contributed by atoms with van der Waals surface area (Å²) in [6.07, 6.45) is 12.2. The number of rotatable bonds is 9. The third kappa shape index (κ3) is 5.15. The lowest BCUT2D eigenvalue weighted by Gasteiger charge is -2.30. The van der Waals surface area contributed by atoms with Crippen LogP contribution in [0.25, 0.3) is 21.5 Å². The number of anilines is 1. The molecule has 2 heteroatoms. The van der Waals surface area contributed by atoms with Crippen molar-refractivity contribution in [2.24, 2.45) is 5.92 Å². The van der Waals surface area contributed by atoms with Crippen LogP contribution in [0.2, 0.25) is 0 Å². The molecule has 2 aliphatic rings. The van der Waals surface area contributed by atoms with E-state index in [1.54, 1.807) is 0 Å². The van der Waals surface area contributed by atoms with Gasteiger partial charge in [0.2, 0.25) is 5.69 Å². The zero-order valence-corrected chi connectivity index (χ0v) is 28.6. The van der Waals surface area contributed by atoms with Gasteiger partial charge in [0.15, 0.2) is 5.71 Å². The maximum absolute atomic E-state index is 4.24. The summed E-state index contributed by atoms with van der Waals surface area (Å²) in [5.41, 5.74) is 9.14. The van der Waals surface area contributed by atoms with Gasteiger partial charge in [-0.3, -0.25) is 0 Å². The molecule has 2 aliphatic heterocycles. The highest BCUT2D eigenvalue weighted by Gasteiger charge is 2.48. The van der Waals surface area contributed by atoms with Crippen molar-refractivity contribution in [1.82, 2.24) is 0 Å². The molecule has 0 N–H and O–H groups in total. The van der Waals surface area contributed by atoms with Gasteiger partial charge < -0.3 is 4.90 Å². The van der Waals surface area contributed by atoms with Crippen molar-refractivity contribution in [3.8, 4) is 0 Å². The lowest BCUT2D eigenvalue weighted by molar-refractivity contribution is -0.401. The topological polar surface area (TPSA) is 6.25 Å². The minimum Gasteiger partial charge on any atom is -0.344 e. The van der Waals surface area contributed by atoms with Crippen LogP contribution in [0.4, 0.5) is 11.4 Å². The van der Waals surface area contributed by atoms with E-state index in [4.69, 9.17) is 0 Å². The van der Waals surface area contributed by atoms with Crippen molar-refractivity contribution in [2.45, 2.75) is 57.8 Å². The largest absolute Gasteiger partial charge is 0.344 e. The van der Waals surface area contributed by atoms with E-state index < -0.39 is 0 Å². The monoisotopic (exact) mass is 615 g/mol. The zero-order valence-electron chi connectivity index (χ0n) is 28.6. The Hall–Kier alpha value is -4.69. The molecule has 0 radical (unpaired) electrons. The lowest BCUT2D eigenvalue weighted by atomic mass is 9.73. The van der Waals surface area contributed by atoms with E-state index in [1.807, 2.05) is 0 Å². The molecule has 0 saturated carbocycles. The molecular formula is C45H47N2+. The maximum atomic E-state index is 4.24. The Bertz CT molecular complexity index is 2080. The fraction of sp³-hybridized carbons (Fsp3) is 0.267. The number of fused-ring (bicyclic) bond motifs is 6. The summed E-state index contributed by atoms with van der Waals surface area (Å²) < 4.78 is 2.43. The number of hydrogen-bond donors (Lipinski definition) is 0. The number of allylic oxidation sites excluding steroid dienone is 5. The second-order valence-electron chi connectivity index (χ2n) is 14.4. The van der Waals surface area contributed by atoms with Gasteiger partial charge in [-0.1, -0.05) is 111 Å². The average Bonchev–Trinajstić information content (AvgIpc) is 3.44. The van der Waals surface area contributed by atoms with Gasteiger partial charge in [0.05, 0.1) is 5.41 Å². The summed E-state index contributed by atoms with van der Waals surface area (Å²) in [5.74, 6) is 0.622. The highest BCUT2D eigenvalue weighted by Crippen LogP contribution is 2.53. The second kappa shape index (κ2) is 12.2. The zero-order chi connectivity index (χ0) is 32.8. The van der Waals surface area contributed by atoms with Crippen LogP contribution in [0.1, 0.15) is 57.2 Å². The van der Waals surface area contributed by atoms with Gasteiger partial charge in [0, 0.05) is 41.1 Å². The van der Waals surface area contributed by atoms with Crippen LogP contribution in [0.15, 0.2) is 140 Å². The Balaban J connectivity index is 1.37. The molecule has 0 aromatic heterocycles. The Kier molecular flexibility index (Phi) is 8.00. The van der Waals surface area contributed by atoms with Crippen LogP contribution in [-0.4, -0.2) is 23.9 Å². The standard InChI is InChI=1S/C45H47N2/c1-7-29-44(4)41(47(30-28-32(2)3)39-27-25-35-19-12-14-21-37(35)43(39)44)23-15-22-40-45(5,31-33-16-9-8-10-17-33)42-36-20-13-11-18-34(36)24-26-38(42)46(40)6/h7-27,32H,1,28-31H2,2-6H3/q+1. The molecule has 5 aromatic carbocycles. The first kappa shape index (κ1) is 30.9. The number of hydrogen-bond acceptors (Lipinski definition) is 1. The molecule has 5 aromatic rings. The van der Waals surface area contributed by atoms with Gasteiger partial charge in [-0.15, -0.1) is 6.58 Å². The molecule has 236 valence electrons. The molecule has 47 heavy (non-hydrogen) atoms. The smallest absolute Gasteiger partial charge is 0.210 e. The van der Waals surface area contributed by atoms with Gasteiger partial charge in [-0.2, -0.15) is 4.58 Å². The molecule has 7 rings (SSSR count). The van der Waals surface area contributed by atoms with E-state index in [0.717, 1.165) is 25.8 Å². The summed E-state index contributed by atoms with van der Waals surface area (Å²) in [7, 11) is 2.24. The Morgan fingerprint density at radius 1 is 0.766 bits per heavy atom. The van der Waals surface area contributed by atoms with Crippen LogP contribution in [0.5, 0.6) is 0 Å². The predicted octanol–water partition coefficient (Wildman–Crippen LogP) is 11.1. The molecule has 0 amide bonds. The van der Waals surface area contributed by atoms with Crippen LogP contribution in [0, 0.1) is 5.92 Å². The molecule has 0 saturated heterocycles. The third-order valence-electron chi connectivity index (χ3n) is 10.7. The van der Waals surface area contributed by atoms with Gasteiger partial charge in [-0.05, 0) is 89.9 Å². The summed E-state index contributed by atoms with van der Waals surface area (Å²) in [6.45, 7) is 14.7. The molecule has 0 aliphatic carbocycles. The summed E-state index contributed by atoms with van der Waals surface area (Å²) in [5, 5.41) is 5.28. The number of benzene rings is 5. The molecule has 2 unspecified atom stereocenters. The van der Waals surface area contributed by atoms with Gasteiger partial charge in [0.1, 0.15) is 7.05 Å². The van der Waals surface area contributed by atoms with Crippen LogP contribution < -0.4 is 4.90 Å². The minimum absolute atomic E-state index is 0.183. The van der Waals surface area contributed by atoms with E-state index in [-0.39, 0.29) is 10.8 Å². The van der Waals surface area contributed by atoms with E-state index in [1.165, 1.54) is 61.0 Å². The van der Waals surface area contributed by atoms with E-state index in [9.17, 15) is 0 Å². The second-order valence-corrected chi connectivity index (χ2v) is 14.4. The van der Waals surface area contributed by atoms with Crippen molar-refractivity contribution in [3.63, 3.8) is 0 Å². The quantitative estimate of drug-likeness (QED) is 0.118. The highest BCUT2D eigenvalue weighted by atomic mass is 15.2. The number of nitrogens with zero attached hydrogens (tertiary/aromatic N) is 2.